The van der Waals surface area contributed by atoms with Crippen LogP contribution in [-0.4, -0.2) is 0 Å². The molecule has 94 valence electrons. The van der Waals surface area contributed by atoms with Crippen LogP contribution in [0.1, 0.15) is 5.56 Å². The second kappa shape index (κ2) is 5.97. The van der Waals surface area contributed by atoms with Crippen molar-refractivity contribution in [1.29, 1.82) is 0 Å². The van der Waals surface area contributed by atoms with Gasteiger partial charge in [-0.25, -0.2) is 8.78 Å². The van der Waals surface area contributed by atoms with Crippen LogP contribution in [0.15, 0.2) is 40.9 Å². The van der Waals surface area contributed by atoms with Gasteiger partial charge in [0.1, 0.15) is 11.6 Å². The van der Waals surface area contributed by atoms with E-state index in [1.165, 1.54) is 18.2 Å². The third-order valence-corrected chi connectivity index (χ3v) is 3.90. The van der Waals surface area contributed by atoms with Gasteiger partial charge in [-0.2, -0.15) is 0 Å². The van der Waals surface area contributed by atoms with Crippen LogP contribution >= 0.6 is 38.5 Å². The van der Waals surface area contributed by atoms with Gasteiger partial charge in [0.25, 0.3) is 0 Å². The van der Waals surface area contributed by atoms with Crippen LogP contribution in [-0.2, 0) is 6.54 Å². The van der Waals surface area contributed by atoms with E-state index in [1.807, 2.05) is 0 Å². The predicted molar refractivity (Wildman–Crippen MR) is 80.5 cm³/mol. The number of nitrogens with one attached hydrogen (secondary N) is 1. The fourth-order valence-electron chi connectivity index (χ4n) is 1.48. The fourth-order valence-corrected chi connectivity index (χ4v) is 2.57. The summed E-state index contributed by atoms with van der Waals surface area (Å²) in [6.07, 6.45) is 0. The Hall–Kier alpha value is -0.690. The van der Waals surface area contributed by atoms with Crippen molar-refractivity contribution in [2.45, 2.75) is 6.54 Å². The molecule has 0 unspecified atom stereocenters. The van der Waals surface area contributed by atoms with Gasteiger partial charge in [-0.05, 0) is 74.4 Å². The molecule has 0 radical (unpaired) electrons. The first kappa shape index (κ1) is 13.7. The Balaban J connectivity index is 2.09. The Morgan fingerprint density at radius 1 is 1.11 bits per heavy atom. The van der Waals surface area contributed by atoms with Gasteiger partial charge in [-0.15, -0.1) is 0 Å². The van der Waals surface area contributed by atoms with Crippen molar-refractivity contribution < 1.29 is 8.78 Å². The van der Waals surface area contributed by atoms with E-state index in [1.54, 1.807) is 18.2 Å². The van der Waals surface area contributed by atoms with Crippen LogP contribution in [0.2, 0.25) is 0 Å². The minimum absolute atomic E-state index is 0.255. The molecule has 2 aromatic rings. The van der Waals surface area contributed by atoms with E-state index in [9.17, 15) is 8.78 Å². The molecule has 0 saturated heterocycles. The van der Waals surface area contributed by atoms with Gasteiger partial charge in [-0.3, -0.25) is 0 Å². The summed E-state index contributed by atoms with van der Waals surface area (Å²) in [5, 5.41) is 3.19. The van der Waals surface area contributed by atoms with Gasteiger partial charge in [0.15, 0.2) is 0 Å². The lowest BCUT2D eigenvalue weighted by atomic mass is 10.2. The first-order valence-corrected chi connectivity index (χ1v) is 7.06. The molecule has 1 N–H and O–H groups in total. The standard InChI is InChI=1S/C13H9BrF2IN/c14-10-5-8(1-3-11(10)16)7-18-13-4-2-9(15)6-12(13)17/h1-6,18H,7H2. The summed E-state index contributed by atoms with van der Waals surface area (Å²) in [5.41, 5.74) is 1.81. The number of hydrogen-bond donors (Lipinski definition) is 1. The maximum Gasteiger partial charge on any atom is 0.137 e. The second-order valence-corrected chi connectivity index (χ2v) is 5.74. The lowest BCUT2D eigenvalue weighted by Crippen LogP contribution is -2.01. The van der Waals surface area contributed by atoms with Crippen molar-refractivity contribution in [2.24, 2.45) is 0 Å². The van der Waals surface area contributed by atoms with E-state index in [4.69, 9.17) is 0 Å². The van der Waals surface area contributed by atoms with E-state index in [0.29, 0.717) is 11.0 Å². The van der Waals surface area contributed by atoms with Gasteiger partial charge in [0, 0.05) is 15.8 Å². The summed E-state index contributed by atoms with van der Waals surface area (Å²) in [7, 11) is 0. The molecule has 1 nitrogen and oxygen atoms in total. The predicted octanol–water partition coefficient (Wildman–Crippen LogP) is 4.94. The first-order valence-electron chi connectivity index (χ1n) is 5.19. The zero-order valence-electron chi connectivity index (χ0n) is 9.18. The summed E-state index contributed by atoms with van der Waals surface area (Å²) < 4.78 is 27.2. The van der Waals surface area contributed by atoms with Crippen molar-refractivity contribution >= 4 is 44.2 Å². The van der Waals surface area contributed by atoms with E-state index in [2.05, 4.69) is 43.8 Å². The molecule has 0 saturated carbocycles. The fraction of sp³-hybridized carbons (Fsp3) is 0.0769. The van der Waals surface area contributed by atoms with Gasteiger partial charge >= 0.3 is 0 Å². The third kappa shape index (κ3) is 3.41. The Bertz CT molecular complexity index is 575. The Labute approximate surface area is 126 Å². The zero-order chi connectivity index (χ0) is 13.1. The Morgan fingerprint density at radius 3 is 2.56 bits per heavy atom. The minimum atomic E-state index is -0.282. The van der Waals surface area contributed by atoms with Crippen molar-refractivity contribution in [2.75, 3.05) is 5.32 Å². The number of hydrogen-bond acceptors (Lipinski definition) is 1. The van der Waals surface area contributed by atoms with Crippen LogP contribution in [0, 0.1) is 15.2 Å². The average molecular weight is 424 g/mol. The highest BCUT2D eigenvalue weighted by atomic mass is 127. The molecule has 2 rings (SSSR count). The van der Waals surface area contributed by atoms with Crippen molar-refractivity contribution in [3.63, 3.8) is 0 Å². The largest absolute Gasteiger partial charge is 0.380 e. The summed E-state index contributed by atoms with van der Waals surface area (Å²) in [6.45, 7) is 0.556. The highest BCUT2D eigenvalue weighted by Crippen LogP contribution is 2.21. The van der Waals surface area contributed by atoms with Crippen LogP contribution < -0.4 is 5.32 Å². The third-order valence-electron chi connectivity index (χ3n) is 2.40. The molecule has 0 atom stereocenters. The number of rotatable bonds is 3. The van der Waals surface area contributed by atoms with Crippen LogP contribution in [0.5, 0.6) is 0 Å². The maximum atomic E-state index is 13.1. The highest BCUT2D eigenvalue weighted by molar-refractivity contribution is 14.1. The van der Waals surface area contributed by atoms with E-state index in [-0.39, 0.29) is 11.6 Å². The van der Waals surface area contributed by atoms with Gasteiger partial charge < -0.3 is 5.32 Å². The molecule has 2 aromatic carbocycles. The lowest BCUT2D eigenvalue weighted by molar-refractivity contribution is 0.620. The van der Waals surface area contributed by atoms with Gasteiger partial charge in [-0.1, -0.05) is 6.07 Å². The Kier molecular flexibility index (Phi) is 4.55. The van der Waals surface area contributed by atoms with E-state index < -0.39 is 0 Å². The summed E-state index contributed by atoms with van der Waals surface area (Å²) >= 11 is 5.21. The molecule has 18 heavy (non-hydrogen) atoms. The second-order valence-electron chi connectivity index (χ2n) is 3.73. The SMILES string of the molecule is Fc1ccc(NCc2ccc(F)c(Br)c2)c(I)c1. The first-order chi connectivity index (χ1) is 8.56. The average Bonchev–Trinajstić information content (AvgIpc) is 2.32. The van der Waals surface area contributed by atoms with Crippen molar-refractivity contribution in [3.8, 4) is 0 Å². The molecule has 0 aliphatic carbocycles. The number of halogens is 4. The molecular formula is C13H9BrF2IN. The summed E-state index contributed by atoms with van der Waals surface area (Å²) in [5.74, 6) is -0.537. The smallest absolute Gasteiger partial charge is 0.137 e. The summed E-state index contributed by atoms with van der Waals surface area (Å²) in [4.78, 5) is 0. The molecule has 0 aromatic heterocycles. The quantitative estimate of drug-likeness (QED) is 0.689. The maximum absolute atomic E-state index is 13.1. The molecule has 0 amide bonds. The number of benzene rings is 2. The normalized spacial score (nSPS) is 10.4. The highest BCUT2D eigenvalue weighted by Gasteiger charge is 2.03. The minimum Gasteiger partial charge on any atom is -0.380 e. The molecule has 0 aliphatic heterocycles. The molecular weight excluding hydrogens is 415 g/mol. The lowest BCUT2D eigenvalue weighted by Gasteiger charge is -2.09. The monoisotopic (exact) mass is 423 g/mol. The molecule has 5 heteroatoms. The zero-order valence-corrected chi connectivity index (χ0v) is 12.9. The van der Waals surface area contributed by atoms with Crippen LogP contribution in [0.4, 0.5) is 14.5 Å². The van der Waals surface area contributed by atoms with Gasteiger partial charge in [0.2, 0.25) is 0 Å². The van der Waals surface area contributed by atoms with Crippen molar-refractivity contribution in [3.05, 3.63) is 61.6 Å². The van der Waals surface area contributed by atoms with Crippen molar-refractivity contribution in [1.82, 2.24) is 0 Å². The molecule has 0 aliphatic rings. The summed E-state index contributed by atoms with van der Waals surface area (Å²) in [6, 6.07) is 9.41. The molecule has 0 heterocycles. The van der Waals surface area contributed by atoms with Crippen LogP contribution in [0.25, 0.3) is 0 Å². The molecule has 0 fully saturated rings. The number of anilines is 1. The molecule has 0 bridgehead atoms. The van der Waals surface area contributed by atoms with Crippen LogP contribution in [0.3, 0.4) is 0 Å². The topological polar surface area (TPSA) is 12.0 Å². The van der Waals surface area contributed by atoms with E-state index >= 15 is 0 Å². The Morgan fingerprint density at radius 2 is 1.89 bits per heavy atom. The van der Waals surface area contributed by atoms with Gasteiger partial charge in [0.05, 0.1) is 4.47 Å². The molecule has 0 spiro atoms. The van der Waals surface area contributed by atoms with E-state index in [0.717, 1.165) is 14.8 Å².